The molecule has 4 N–H and O–H groups in total. The van der Waals surface area contributed by atoms with Gasteiger partial charge in [0.25, 0.3) is 0 Å². The highest BCUT2D eigenvalue weighted by molar-refractivity contribution is 14.0. The van der Waals surface area contributed by atoms with Gasteiger partial charge in [-0.1, -0.05) is 25.3 Å². The molecule has 0 bridgehead atoms. The van der Waals surface area contributed by atoms with Gasteiger partial charge in [0, 0.05) is 24.9 Å². The standard InChI is InChI=1S/C15H24N4O.HI/c16-14(18-11-7-13-6-2-5-10-17-13)19-12-15(20)8-3-1-4-9-15;/h2,5-6,10,20H,1,3-4,7-9,11-12H2,(H3,16,18,19);1H. The number of hydrogen-bond donors (Lipinski definition) is 3. The van der Waals surface area contributed by atoms with Crippen molar-refractivity contribution in [3.8, 4) is 0 Å². The van der Waals surface area contributed by atoms with Crippen LogP contribution in [0.2, 0.25) is 0 Å². The molecule has 0 atom stereocenters. The van der Waals surface area contributed by atoms with Gasteiger partial charge in [-0.05, 0) is 25.0 Å². The van der Waals surface area contributed by atoms with Crippen molar-refractivity contribution in [2.24, 2.45) is 10.7 Å². The monoisotopic (exact) mass is 404 g/mol. The molecular weight excluding hydrogens is 379 g/mol. The van der Waals surface area contributed by atoms with Crippen LogP contribution in [0.3, 0.4) is 0 Å². The molecule has 0 saturated heterocycles. The molecule has 0 aromatic carbocycles. The molecule has 1 heterocycles. The second-order valence-electron chi connectivity index (χ2n) is 5.48. The highest BCUT2D eigenvalue weighted by atomic mass is 127. The van der Waals surface area contributed by atoms with Crippen LogP contribution in [-0.2, 0) is 6.42 Å². The first-order chi connectivity index (χ1) is 9.68. The van der Waals surface area contributed by atoms with Crippen molar-refractivity contribution in [1.82, 2.24) is 10.3 Å². The van der Waals surface area contributed by atoms with E-state index >= 15 is 0 Å². The Kier molecular flexibility index (Phi) is 7.95. The fraction of sp³-hybridized carbons (Fsp3) is 0.600. The Morgan fingerprint density at radius 1 is 1.33 bits per heavy atom. The summed E-state index contributed by atoms with van der Waals surface area (Å²) < 4.78 is 0. The lowest BCUT2D eigenvalue weighted by atomic mass is 9.85. The number of aliphatic imine (C=N–C) groups is 1. The van der Waals surface area contributed by atoms with E-state index in [9.17, 15) is 5.11 Å². The first-order valence-corrected chi connectivity index (χ1v) is 7.34. The number of nitrogens with one attached hydrogen (secondary N) is 1. The first-order valence-electron chi connectivity index (χ1n) is 7.34. The molecule has 2 rings (SSSR count). The molecule has 118 valence electrons. The summed E-state index contributed by atoms with van der Waals surface area (Å²) in [6.45, 7) is 1.10. The zero-order valence-electron chi connectivity index (χ0n) is 12.3. The fourth-order valence-corrected chi connectivity index (χ4v) is 2.52. The number of nitrogens with two attached hydrogens (primary N) is 1. The minimum absolute atomic E-state index is 0. The van der Waals surface area contributed by atoms with E-state index in [1.807, 2.05) is 18.2 Å². The van der Waals surface area contributed by atoms with Gasteiger partial charge in [0.2, 0.25) is 0 Å². The molecule has 5 nitrogen and oxygen atoms in total. The Morgan fingerprint density at radius 2 is 2.10 bits per heavy atom. The Bertz CT molecular complexity index is 433. The summed E-state index contributed by atoms with van der Waals surface area (Å²) in [6.07, 6.45) is 7.63. The molecule has 21 heavy (non-hydrogen) atoms. The normalized spacial score (nSPS) is 17.9. The zero-order chi connectivity index (χ0) is 14.3. The van der Waals surface area contributed by atoms with Crippen molar-refractivity contribution in [3.63, 3.8) is 0 Å². The zero-order valence-corrected chi connectivity index (χ0v) is 14.6. The third-order valence-electron chi connectivity index (χ3n) is 3.74. The third-order valence-corrected chi connectivity index (χ3v) is 3.74. The predicted octanol–water partition coefficient (Wildman–Crippen LogP) is 1.84. The number of aromatic nitrogens is 1. The summed E-state index contributed by atoms with van der Waals surface area (Å²) in [5, 5.41) is 13.4. The van der Waals surface area contributed by atoms with Crippen molar-refractivity contribution in [2.75, 3.05) is 13.1 Å². The van der Waals surface area contributed by atoms with E-state index in [0.717, 1.165) is 37.8 Å². The van der Waals surface area contributed by atoms with E-state index in [1.165, 1.54) is 6.42 Å². The van der Waals surface area contributed by atoms with Crippen LogP contribution in [0.1, 0.15) is 37.8 Å². The summed E-state index contributed by atoms with van der Waals surface area (Å²) in [7, 11) is 0. The summed E-state index contributed by atoms with van der Waals surface area (Å²) in [6, 6.07) is 5.86. The van der Waals surface area contributed by atoms with E-state index in [4.69, 9.17) is 5.73 Å². The minimum atomic E-state index is -0.647. The molecule has 6 heteroatoms. The van der Waals surface area contributed by atoms with E-state index in [2.05, 4.69) is 15.3 Å². The summed E-state index contributed by atoms with van der Waals surface area (Å²) in [5.74, 6) is 0.403. The lowest BCUT2D eigenvalue weighted by Crippen LogP contribution is -2.38. The SMILES string of the molecule is I.NC(=NCC1(O)CCCCC1)NCCc1ccccn1. The van der Waals surface area contributed by atoms with Crippen LogP contribution in [0.15, 0.2) is 29.4 Å². The maximum absolute atomic E-state index is 10.3. The Balaban J connectivity index is 0.00000220. The van der Waals surface area contributed by atoms with Crippen LogP contribution < -0.4 is 11.1 Å². The van der Waals surface area contributed by atoms with Gasteiger partial charge in [0.05, 0.1) is 12.1 Å². The third kappa shape index (κ3) is 6.60. The van der Waals surface area contributed by atoms with E-state index in [1.54, 1.807) is 6.20 Å². The quantitative estimate of drug-likeness (QED) is 0.397. The molecule has 1 aromatic rings. The highest BCUT2D eigenvalue weighted by Crippen LogP contribution is 2.27. The second-order valence-corrected chi connectivity index (χ2v) is 5.48. The van der Waals surface area contributed by atoms with Gasteiger partial charge in [-0.2, -0.15) is 0 Å². The van der Waals surface area contributed by atoms with Crippen LogP contribution in [0.4, 0.5) is 0 Å². The maximum Gasteiger partial charge on any atom is 0.188 e. The second kappa shape index (κ2) is 9.19. The average Bonchev–Trinajstić information content (AvgIpc) is 2.47. The highest BCUT2D eigenvalue weighted by Gasteiger charge is 2.28. The molecule has 0 aliphatic heterocycles. The lowest BCUT2D eigenvalue weighted by molar-refractivity contribution is 0.0132. The molecule has 0 radical (unpaired) electrons. The molecule has 1 aliphatic rings. The van der Waals surface area contributed by atoms with Crippen molar-refractivity contribution in [3.05, 3.63) is 30.1 Å². The van der Waals surface area contributed by atoms with Gasteiger partial charge >= 0.3 is 0 Å². The van der Waals surface area contributed by atoms with Gasteiger partial charge < -0.3 is 16.2 Å². The van der Waals surface area contributed by atoms with E-state index < -0.39 is 5.60 Å². The number of hydrogen-bond acceptors (Lipinski definition) is 3. The van der Waals surface area contributed by atoms with Crippen LogP contribution in [0.25, 0.3) is 0 Å². The maximum atomic E-state index is 10.3. The van der Waals surface area contributed by atoms with Gasteiger partial charge in [-0.15, -0.1) is 24.0 Å². The predicted molar refractivity (Wildman–Crippen MR) is 95.9 cm³/mol. The van der Waals surface area contributed by atoms with Crippen LogP contribution >= 0.6 is 24.0 Å². The van der Waals surface area contributed by atoms with Crippen molar-refractivity contribution in [1.29, 1.82) is 0 Å². The number of aliphatic hydroxyl groups is 1. The molecule has 0 amide bonds. The van der Waals surface area contributed by atoms with Crippen LogP contribution in [0.5, 0.6) is 0 Å². The van der Waals surface area contributed by atoms with Gasteiger partial charge in [-0.3, -0.25) is 9.98 Å². The summed E-state index contributed by atoms with van der Waals surface area (Å²) in [5.41, 5.74) is 6.20. The topological polar surface area (TPSA) is 83.5 Å². The molecular formula is C15H25IN4O. The molecule has 0 unspecified atom stereocenters. The number of rotatable bonds is 5. The molecule has 1 aromatic heterocycles. The van der Waals surface area contributed by atoms with Crippen LogP contribution in [0, 0.1) is 0 Å². The largest absolute Gasteiger partial charge is 0.388 e. The molecule has 1 saturated carbocycles. The minimum Gasteiger partial charge on any atom is -0.388 e. The Hall–Kier alpha value is -0.890. The molecule has 1 aliphatic carbocycles. The van der Waals surface area contributed by atoms with Crippen LogP contribution in [-0.4, -0.2) is 34.7 Å². The van der Waals surface area contributed by atoms with Gasteiger partial charge in [-0.25, -0.2) is 0 Å². The number of guanidine groups is 1. The number of halogens is 1. The van der Waals surface area contributed by atoms with Crippen molar-refractivity contribution in [2.45, 2.75) is 44.1 Å². The smallest absolute Gasteiger partial charge is 0.188 e. The fourth-order valence-electron chi connectivity index (χ4n) is 2.52. The molecule has 0 spiro atoms. The van der Waals surface area contributed by atoms with Gasteiger partial charge in [0.1, 0.15) is 0 Å². The molecule has 1 fully saturated rings. The number of pyridine rings is 1. The lowest BCUT2D eigenvalue weighted by Gasteiger charge is -2.30. The Morgan fingerprint density at radius 3 is 2.76 bits per heavy atom. The summed E-state index contributed by atoms with van der Waals surface area (Å²) in [4.78, 5) is 8.51. The summed E-state index contributed by atoms with van der Waals surface area (Å²) >= 11 is 0. The van der Waals surface area contributed by atoms with Crippen molar-refractivity contribution >= 4 is 29.9 Å². The van der Waals surface area contributed by atoms with Crippen molar-refractivity contribution < 1.29 is 5.11 Å². The first kappa shape index (κ1) is 18.2. The Labute approximate surface area is 143 Å². The van der Waals surface area contributed by atoms with E-state index in [-0.39, 0.29) is 24.0 Å². The van der Waals surface area contributed by atoms with E-state index in [0.29, 0.717) is 19.0 Å². The average molecular weight is 404 g/mol. The number of nitrogens with zero attached hydrogens (tertiary/aromatic N) is 2. The van der Waals surface area contributed by atoms with Gasteiger partial charge in [0.15, 0.2) is 5.96 Å².